The van der Waals surface area contributed by atoms with Gasteiger partial charge >= 0.3 is 5.97 Å². The number of nitrogens with one attached hydrogen (secondary N) is 2. The zero-order chi connectivity index (χ0) is 19.8. The largest absolute Gasteiger partial charge is 0.478 e. The van der Waals surface area contributed by atoms with E-state index in [0.29, 0.717) is 29.8 Å². The van der Waals surface area contributed by atoms with Gasteiger partial charge in [0, 0.05) is 18.7 Å². The van der Waals surface area contributed by atoms with Crippen molar-refractivity contribution in [1.82, 2.24) is 5.32 Å². The molecule has 0 radical (unpaired) electrons. The van der Waals surface area contributed by atoms with Crippen LogP contribution in [0.2, 0.25) is 5.02 Å². The summed E-state index contributed by atoms with van der Waals surface area (Å²) in [6, 6.07) is 11.3. The van der Waals surface area contributed by atoms with Crippen LogP contribution in [0.4, 0.5) is 5.69 Å². The van der Waals surface area contributed by atoms with Crippen LogP contribution in [0.15, 0.2) is 42.5 Å². The summed E-state index contributed by atoms with van der Waals surface area (Å²) >= 11 is 6.14. The first-order valence-corrected chi connectivity index (χ1v) is 8.99. The first-order valence-electron chi connectivity index (χ1n) is 8.61. The van der Waals surface area contributed by atoms with E-state index in [1.165, 1.54) is 12.1 Å². The Labute approximate surface area is 162 Å². The fourth-order valence-electron chi connectivity index (χ4n) is 2.53. The van der Waals surface area contributed by atoms with Crippen molar-refractivity contribution in [3.63, 3.8) is 0 Å². The predicted molar refractivity (Wildman–Crippen MR) is 104 cm³/mol. The van der Waals surface area contributed by atoms with Gasteiger partial charge in [0.15, 0.2) is 0 Å². The fraction of sp³-hybridized carbons (Fsp3) is 0.250. The third kappa shape index (κ3) is 5.82. The van der Waals surface area contributed by atoms with E-state index in [-0.39, 0.29) is 28.8 Å². The zero-order valence-corrected chi connectivity index (χ0v) is 15.7. The summed E-state index contributed by atoms with van der Waals surface area (Å²) < 4.78 is 0. The number of hydrogen-bond acceptors (Lipinski definition) is 3. The molecule has 0 aliphatic carbocycles. The van der Waals surface area contributed by atoms with Crippen LogP contribution < -0.4 is 10.6 Å². The number of rotatable bonds is 8. The van der Waals surface area contributed by atoms with Crippen molar-refractivity contribution < 1.29 is 19.5 Å². The molecular weight excluding hydrogens is 368 g/mol. The number of carbonyl (C=O) groups excluding carboxylic acids is 2. The predicted octanol–water partition coefficient (Wildman–Crippen LogP) is 3.75. The number of benzene rings is 2. The molecule has 0 saturated heterocycles. The van der Waals surface area contributed by atoms with Gasteiger partial charge in [-0.15, -0.1) is 0 Å². The van der Waals surface area contributed by atoms with Crippen molar-refractivity contribution in [3.8, 4) is 0 Å². The molecule has 0 unspecified atom stereocenters. The Morgan fingerprint density at radius 1 is 1.07 bits per heavy atom. The number of anilines is 1. The van der Waals surface area contributed by atoms with Crippen molar-refractivity contribution in [2.75, 3.05) is 11.9 Å². The first kappa shape index (κ1) is 20.5. The van der Waals surface area contributed by atoms with E-state index in [0.717, 1.165) is 6.42 Å². The number of halogens is 1. The molecule has 0 heterocycles. The Morgan fingerprint density at radius 2 is 1.81 bits per heavy atom. The minimum Gasteiger partial charge on any atom is -0.478 e. The standard InChI is InChI=1S/C20H21ClN2O4/c1-2-11-22-19(25)16-9-8-14(12-17(16)21)23-18(24)10-7-13-5-3-4-6-15(13)20(26)27/h3-6,8-9,12H,2,7,10-11H2,1H3,(H,22,25)(H,23,24)(H,26,27). The second kappa shape index (κ2) is 9.73. The summed E-state index contributed by atoms with van der Waals surface area (Å²) in [5.74, 6) is -1.55. The van der Waals surface area contributed by atoms with Crippen molar-refractivity contribution in [2.45, 2.75) is 26.2 Å². The summed E-state index contributed by atoms with van der Waals surface area (Å²) in [7, 11) is 0. The number of hydrogen-bond donors (Lipinski definition) is 3. The monoisotopic (exact) mass is 388 g/mol. The highest BCUT2D eigenvalue weighted by Crippen LogP contribution is 2.21. The molecule has 6 nitrogen and oxygen atoms in total. The van der Waals surface area contributed by atoms with Crippen LogP contribution in [0.3, 0.4) is 0 Å². The average molecular weight is 389 g/mol. The summed E-state index contributed by atoms with van der Waals surface area (Å²) in [5, 5.41) is 14.9. The van der Waals surface area contributed by atoms with Crippen LogP contribution in [0, 0.1) is 0 Å². The second-order valence-corrected chi connectivity index (χ2v) is 6.37. The van der Waals surface area contributed by atoms with Crippen molar-refractivity contribution in [3.05, 3.63) is 64.2 Å². The lowest BCUT2D eigenvalue weighted by Gasteiger charge is -2.10. The molecule has 2 amide bonds. The summed E-state index contributed by atoms with van der Waals surface area (Å²) in [6.07, 6.45) is 1.25. The number of aromatic carboxylic acids is 1. The minimum atomic E-state index is -1.02. The summed E-state index contributed by atoms with van der Waals surface area (Å²) in [4.78, 5) is 35.3. The van der Waals surface area contributed by atoms with Gasteiger partial charge in [-0.2, -0.15) is 0 Å². The molecule has 3 N–H and O–H groups in total. The number of carboxylic acid groups (broad SMARTS) is 1. The van der Waals surface area contributed by atoms with Crippen LogP contribution >= 0.6 is 11.6 Å². The van der Waals surface area contributed by atoms with Crippen LogP contribution in [-0.2, 0) is 11.2 Å². The molecule has 27 heavy (non-hydrogen) atoms. The lowest BCUT2D eigenvalue weighted by Crippen LogP contribution is -2.24. The van der Waals surface area contributed by atoms with Crippen molar-refractivity contribution in [2.24, 2.45) is 0 Å². The molecule has 2 rings (SSSR count). The van der Waals surface area contributed by atoms with Crippen LogP contribution in [0.1, 0.15) is 46.0 Å². The molecule has 2 aromatic rings. The maximum Gasteiger partial charge on any atom is 0.335 e. The molecule has 142 valence electrons. The molecule has 0 saturated carbocycles. The third-order valence-corrected chi connectivity index (χ3v) is 4.21. The van der Waals surface area contributed by atoms with E-state index < -0.39 is 5.97 Å². The van der Waals surface area contributed by atoms with Crippen LogP contribution in [0.25, 0.3) is 0 Å². The average Bonchev–Trinajstić information content (AvgIpc) is 2.64. The van der Waals surface area contributed by atoms with Gasteiger partial charge in [-0.05, 0) is 42.7 Å². The Balaban J connectivity index is 1.97. The SMILES string of the molecule is CCCNC(=O)c1ccc(NC(=O)CCc2ccccc2C(=O)O)cc1Cl. The highest BCUT2D eigenvalue weighted by molar-refractivity contribution is 6.34. The molecule has 0 atom stereocenters. The summed E-state index contributed by atoms with van der Waals surface area (Å²) in [5.41, 5.74) is 1.61. The van der Waals surface area contributed by atoms with Gasteiger partial charge in [-0.25, -0.2) is 4.79 Å². The van der Waals surface area contributed by atoms with E-state index in [4.69, 9.17) is 11.6 Å². The minimum absolute atomic E-state index is 0.126. The van der Waals surface area contributed by atoms with Crippen LogP contribution in [0.5, 0.6) is 0 Å². The fourth-order valence-corrected chi connectivity index (χ4v) is 2.80. The third-order valence-electron chi connectivity index (χ3n) is 3.90. The molecule has 0 spiro atoms. The molecule has 0 aromatic heterocycles. The lowest BCUT2D eigenvalue weighted by molar-refractivity contribution is -0.116. The maximum absolute atomic E-state index is 12.2. The number of amides is 2. The Kier molecular flexibility index (Phi) is 7.37. The zero-order valence-electron chi connectivity index (χ0n) is 14.9. The van der Waals surface area contributed by atoms with E-state index in [1.54, 1.807) is 30.3 Å². The number of carboxylic acids is 1. The van der Waals surface area contributed by atoms with Gasteiger partial charge in [-0.3, -0.25) is 9.59 Å². The summed E-state index contributed by atoms with van der Waals surface area (Å²) in [6.45, 7) is 2.51. The molecule has 0 aliphatic heterocycles. The van der Waals surface area contributed by atoms with Gasteiger partial charge in [-0.1, -0.05) is 36.7 Å². The lowest BCUT2D eigenvalue weighted by atomic mass is 10.0. The molecule has 0 fully saturated rings. The Morgan fingerprint density at radius 3 is 2.48 bits per heavy atom. The van der Waals surface area contributed by atoms with E-state index in [9.17, 15) is 19.5 Å². The van der Waals surface area contributed by atoms with Gasteiger partial charge in [0.05, 0.1) is 16.1 Å². The Bertz CT molecular complexity index is 852. The van der Waals surface area contributed by atoms with E-state index in [2.05, 4.69) is 10.6 Å². The van der Waals surface area contributed by atoms with Gasteiger partial charge in [0.25, 0.3) is 5.91 Å². The number of carbonyl (C=O) groups is 3. The molecule has 7 heteroatoms. The normalized spacial score (nSPS) is 10.3. The molecule has 0 aliphatic rings. The molecule has 2 aromatic carbocycles. The quantitative estimate of drug-likeness (QED) is 0.641. The van der Waals surface area contributed by atoms with Crippen molar-refractivity contribution in [1.29, 1.82) is 0 Å². The molecular formula is C20H21ClN2O4. The van der Waals surface area contributed by atoms with Crippen LogP contribution in [-0.4, -0.2) is 29.4 Å². The van der Waals surface area contributed by atoms with Crippen molar-refractivity contribution >= 4 is 35.1 Å². The Hall–Kier alpha value is -2.86. The smallest absolute Gasteiger partial charge is 0.335 e. The van der Waals surface area contributed by atoms with E-state index in [1.807, 2.05) is 6.92 Å². The van der Waals surface area contributed by atoms with Gasteiger partial charge in [0.2, 0.25) is 5.91 Å². The molecule has 0 bridgehead atoms. The second-order valence-electron chi connectivity index (χ2n) is 5.96. The van der Waals surface area contributed by atoms with E-state index >= 15 is 0 Å². The van der Waals surface area contributed by atoms with Gasteiger partial charge in [0.1, 0.15) is 0 Å². The highest BCUT2D eigenvalue weighted by atomic mass is 35.5. The maximum atomic E-state index is 12.2. The first-order chi connectivity index (χ1) is 12.9. The van der Waals surface area contributed by atoms with Gasteiger partial charge < -0.3 is 15.7 Å². The highest BCUT2D eigenvalue weighted by Gasteiger charge is 2.13. The number of aryl methyl sites for hydroxylation is 1. The topological polar surface area (TPSA) is 95.5 Å².